The summed E-state index contributed by atoms with van der Waals surface area (Å²) in [6, 6.07) is 17.2. The number of rotatable bonds is 6. The third-order valence-corrected chi connectivity index (χ3v) is 5.94. The number of carbonyl (C=O) groups is 1. The fourth-order valence-corrected chi connectivity index (χ4v) is 4.21. The molecule has 1 N–H and O–H groups in total. The summed E-state index contributed by atoms with van der Waals surface area (Å²) in [4.78, 5) is 27.4. The number of esters is 1. The van der Waals surface area contributed by atoms with Crippen LogP contribution in [0.5, 0.6) is 0 Å². The lowest BCUT2D eigenvalue weighted by molar-refractivity contribution is 0.0600. The van der Waals surface area contributed by atoms with Crippen molar-refractivity contribution < 1.29 is 9.53 Å². The lowest BCUT2D eigenvalue weighted by Crippen LogP contribution is -2.42. The Kier molecular flexibility index (Phi) is 6.87. The molecule has 1 aromatic heterocycles. The Morgan fingerprint density at radius 1 is 1.19 bits per heavy atom. The number of hydrogen-bond acceptors (Lipinski definition) is 6. The minimum atomic E-state index is -0.548. The Hall–Kier alpha value is -3.16. The molecule has 1 aliphatic rings. The zero-order valence-electron chi connectivity index (χ0n) is 17.8. The van der Waals surface area contributed by atoms with E-state index in [9.17, 15) is 9.59 Å². The summed E-state index contributed by atoms with van der Waals surface area (Å²) in [6.45, 7) is 2.77. The molecule has 0 aliphatic carbocycles. The van der Waals surface area contributed by atoms with E-state index >= 15 is 0 Å². The largest absolute Gasteiger partial charge is 0.465 e. The molecule has 0 radical (unpaired) electrons. The number of likely N-dealkylation sites (tertiary alicyclic amines) is 1. The van der Waals surface area contributed by atoms with Gasteiger partial charge in [-0.3, -0.25) is 9.69 Å². The summed E-state index contributed by atoms with van der Waals surface area (Å²) in [5.74, 6) is -0.548. The van der Waals surface area contributed by atoms with Gasteiger partial charge >= 0.3 is 5.97 Å². The highest BCUT2D eigenvalue weighted by molar-refractivity contribution is 6.33. The molecule has 0 spiro atoms. The van der Waals surface area contributed by atoms with E-state index in [1.807, 2.05) is 18.2 Å². The van der Waals surface area contributed by atoms with Gasteiger partial charge in [0, 0.05) is 19.1 Å². The zero-order chi connectivity index (χ0) is 22.5. The van der Waals surface area contributed by atoms with Gasteiger partial charge in [0.25, 0.3) is 5.56 Å². The third-order valence-electron chi connectivity index (χ3n) is 5.57. The predicted octanol–water partition coefficient (Wildman–Crippen LogP) is 3.75. The van der Waals surface area contributed by atoms with Gasteiger partial charge in [0.1, 0.15) is 5.02 Å². The zero-order valence-corrected chi connectivity index (χ0v) is 18.6. The normalized spacial score (nSPS) is 16.5. The van der Waals surface area contributed by atoms with Crippen LogP contribution >= 0.6 is 11.6 Å². The van der Waals surface area contributed by atoms with Crippen molar-refractivity contribution >= 4 is 23.3 Å². The maximum absolute atomic E-state index is 13.0. The summed E-state index contributed by atoms with van der Waals surface area (Å²) < 4.78 is 5.94. The topological polar surface area (TPSA) is 76.5 Å². The van der Waals surface area contributed by atoms with Crippen LogP contribution in [0.1, 0.15) is 28.8 Å². The number of piperidine rings is 1. The molecule has 2 aromatic carbocycles. The van der Waals surface area contributed by atoms with Crippen molar-refractivity contribution in [2.75, 3.05) is 25.5 Å². The summed E-state index contributed by atoms with van der Waals surface area (Å²) in [7, 11) is 1.29. The molecule has 3 aromatic rings. The first kappa shape index (κ1) is 22.0. The van der Waals surface area contributed by atoms with Crippen LogP contribution in [0.2, 0.25) is 5.02 Å². The number of halogens is 1. The average Bonchev–Trinajstić information content (AvgIpc) is 2.83. The van der Waals surface area contributed by atoms with Crippen molar-refractivity contribution in [1.29, 1.82) is 0 Å². The van der Waals surface area contributed by atoms with E-state index in [1.165, 1.54) is 18.9 Å². The van der Waals surface area contributed by atoms with Crippen LogP contribution in [-0.4, -0.2) is 46.9 Å². The molecule has 32 heavy (non-hydrogen) atoms. The molecule has 2 heterocycles. The fourth-order valence-electron chi connectivity index (χ4n) is 4.02. The van der Waals surface area contributed by atoms with Crippen molar-refractivity contribution in [2.24, 2.45) is 0 Å². The summed E-state index contributed by atoms with van der Waals surface area (Å²) in [5, 5.41) is 7.71. The quantitative estimate of drug-likeness (QED) is 0.574. The fraction of sp³-hybridized carbons (Fsp3) is 0.292. The Morgan fingerprint density at radius 3 is 2.72 bits per heavy atom. The molecule has 1 unspecified atom stereocenters. The van der Waals surface area contributed by atoms with Gasteiger partial charge in [-0.15, -0.1) is 0 Å². The number of methoxy groups -OCH3 is 1. The highest BCUT2D eigenvalue weighted by Crippen LogP contribution is 2.22. The number of nitrogens with one attached hydrogen (secondary N) is 1. The van der Waals surface area contributed by atoms with Crippen LogP contribution in [0, 0.1) is 0 Å². The lowest BCUT2D eigenvalue weighted by atomic mass is 10.0. The van der Waals surface area contributed by atoms with E-state index in [0.717, 1.165) is 37.2 Å². The van der Waals surface area contributed by atoms with Gasteiger partial charge in [0.15, 0.2) is 0 Å². The molecule has 1 aliphatic heterocycles. The molecule has 0 bridgehead atoms. The Balaban J connectivity index is 1.52. The minimum Gasteiger partial charge on any atom is -0.465 e. The van der Waals surface area contributed by atoms with Gasteiger partial charge in [0.2, 0.25) is 0 Å². The van der Waals surface area contributed by atoms with Crippen LogP contribution < -0.4 is 10.9 Å². The van der Waals surface area contributed by atoms with Gasteiger partial charge < -0.3 is 10.1 Å². The average molecular weight is 453 g/mol. The maximum atomic E-state index is 13.0. The van der Waals surface area contributed by atoms with Gasteiger partial charge in [-0.25, -0.2) is 4.79 Å². The highest BCUT2D eigenvalue weighted by Gasteiger charge is 2.22. The first-order valence-corrected chi connectivity index (χ1v) is 10.9. The van der Waals surface area contributed by atoms with Crippen LogP contribution in [0.15, 0.2) is 65.6 Å². The second-order valence-corrected chi connectivity index (χ2v) is 8.18. The number of hydrogen-bond donors (Lipinski definition) is 1. The molecule has 7 nitrogen and oxygen atoms in total. The molecular formula is C24H25ClN4O3. The lowest BCUT2D eigenvalue weighted by Gasteiger charge is -2.33. The second-order valence-electron chi connectivity index (χ2n) is 7.80. The van der Waals surface area contributed by atoms with E-state index in [-0.39, 0.29) is 16.6 Å². The van der Waals surface area contributed by atoms with Gasteiger partial charge in [-0.1, -0.05) is 54.1 Å². The summed E-state index contributed by atoms with van der Waals surface area (Å²) in [5.41, 5.74) is 1.84. The first-order chi connectivity index (χ1) is 15.6. The summed E-state index contributed by atoms with van der Waals surface area (Å²) >= 11 is 6.43. The molecule has 0 amide bonds. The van der Waals surface area contributed by atoms with Gasteiger partial charge in [-0.05, 0) is 37.1 Å². The van der Waals surface area contributed by atoms with Crippen LogP contribution in [-0.2, 0) is 11.3 Å². The predicted molar refractivity (Wildman–Crippen MR) is 125 cm³/mol. The number of para-hydroxylation sites is 1. The number of aromatic nitrogens is 2. The molecule has 1 saturated heterocycles. The maximum Gasteiger partial charge on any atom is 0.340 e. The van der Waals surface area contributed by atoms with Gasteiger partial charge in [-0.2, -0.15) is 9.78 Å². The minimum absolute atomic E-state index is 0.0415. The van der Waals surface area contributed by atoms with E-state index in [0.29, 0.717) is 11.4 Å². The number of benzene rings is 2. The molecular weight excluding hydrogens is 428 g/mol. The molecule has 8 heteroatoms. The van der Waals surface area contributed by atoms with E-state index in [4.69, 9.17) is 16.3 Å². The van der Waals surface area contributed by atoms with Crippen molar-refractivity contribution in [3.8, 4) is 5.69 Å². The van der Waals surface area contributed by atoms with E-state index < -0.39 is 11.5 Å². The molecule has 1 fully saturated rings. The van der Waals surface area contributed by atoms with Crippen LogP contribution in [0.25, 0.3) is 5.69 Å². The molecule has 1 atom stereocenters. The second kappa shape index (κ2) is 9.97. The third kappa shape index (κ3) is 4.84. The van der Waals surface area contributed by atoms with E-state index in [2.05, 4.69) is 27.4 Å². The van der Waals surface area contributed by atoms with Crippen molar-refractivity contribution in [2.45, 2.75) is 25.4 Å². The number of carbonyl (C=O) groups excluding carboxylic acids is 1. The molecule has 4 rings (SSSR count). The summed E-state index contributed by atoms with van der Waals surface area (Å²) in [6.07, 6.45) is 3.57. The smallest absolute Gasteiger partial charge is 0.340 e. The molecule has 166 valence electrons. The van der Waals surface area contributed by atoms with Crippen molar-refractivity contribution in [1.82, 2.24) is 14.7 Å². The number of nitrogens with zero attached hydrogens (tertiary/aromatic N) is 3. The van der Waals surface area contributed by atoms with E-state index in [1.54, 1.807) is 24.3 Å². The molecule has 0 saturated carbocycles. The van der Waals surface area contributed by atoms with Crippen molar-refractivity contribution in [3.63, 3.8) is 0 Å². The SMILES string of the molecule is COC(=O)c1ccccc1-n1ncc(NC2CCCN(Cc3ccccc3)C2)c(Cl)c1=O. The Bertz CT molecular complexity index is 1150. The monoisotopic (exact) mass is 452 g/mol. The number of ether oxygens (including phenoxy) is 1. The Labute approximate surface area is 191 Å². The van der Waals surface area contributed by atoms with Crippen molar-refractivity contribution in [3.05, 3.63) is 87.3 Å². The first-order valence-electron chi connectivity index (χ1n) is 10.5. The van der Waals surface area contributed by atoms with Gasteiger partial charge in [0.05, 0.1) is 30.2 Å². The standard InChI is InChI=1S/C24H25ClN4O3/c1-32-24(31)19-11-5-6-12-21(19)29-23(30)22(25)20(14-26-29)27-18-10-7-13-28(16-18)15-17-8-3-2-4-9-17/h2-6,8-9,11-12,14,18,27H,7,10,13,15-16H2,1H3. The number of anilines is 1. The Morgan fingerprint density at radius 2 is 1.94 bits per heavy atom. The van der Waals surface area contributed by atoms with Crippen LogP contribution in [0.4, 0.5) is 5.69 Å². The van der Waals surface area contributed by atoms with Crippen LogP contribution in [0.3, 0.4) is 0 Å². The highest BCUT2D eigenvalue weighted by atomic mass is 35.5.